The normalized spacial score (nSPS) is 10.7. The lowest BCUT2D eigenvalue weighted by atomic mass is 10.2. The molecule has 3 rings (SSSR count). The number of fused-ring (bicyclic) bond motifs is 1. The first-order valence-electron chi connectivity index (χ1n) is 5.70. The second-order valence-corrected chi connectivity index (χ2v) is 4.01. The highest BCUT2D eigenvalue weighted by molar-refractivity contribution is 5.78. The molecule has 0 bridgehead atoms. The van der Waals surface area contributed by atoms with Crippen LogP contribution < -0.4 is 5.56 Å². The van der Waals surface area contributed by atoms with Crippen molar-refractivity contribution < 1.29 is 0 Å². The molecule has 0 radical (unpaired) electrons. The predicted molar refractivity (Wildman–Crippen MR) is 69.3 cm³/mol. The standard InChI is InChI=1S/C14H11N3O/c18-14-6-3-9-15-17(14)10-12-8-7-11-4-1-2-5-13(11)16-12/h1-9H,10H2. The van der Waals surface area contributed by atoms with Crippen LogP contribution in [-0.4, -0.2) is 14.8 Å². The summed E-state index contributed by atoms with van der Waals surface area (Å²) < 4.78 is 1.40. The topological polar surface area (TPSA) is 47.8 Å². The van der Waals surface area contributed by atoms with Crippen molar-refractivity contribution in [3.8, 4) is 0 Å². The Kier molecular flexibility index (Phi) is 2.61. The van der Waals surface area contributed by atoms with E-state index in [-0.39, 0.29) is 5.56 Å². The van der Waals surface area contributed by atoms with Gasteiger partial charge < -0.3 is 0 Å². The van der Waals surface area contributed by atoms with Crippen LogP contribution >= 0.6 is 0 Å². The Morgan fingerprint density at radius 2 is 1.89 bits per heavy atom. The van der Waals surface area contributed by atoms with Gasteiger partial charge in [0.1, 0.15) is 0 Å². The average molecular weight is 237 g/mol. The van der Waals surface area contributed by atoms with Crippen molar-refractivity contribution in [1.29, 1.82) is 0 Å². The van der Waals surface area contributed by atoms with Gasteiger partial charge in [0.15, 0.2) is 0 Å². The van der Waals surface area contributed by atoms with E-state index in [2.05, 4.69) is 10.1 Å². The number of pyridine rings is 1. The van der Waals surface area contributed by atoms with Gasteiger partial charge >= 0.3 is 0 Å². The van der Waals surface area contributed by atoms with Gasteiger partial charge in [-0.25, -0.2) is 4.68 Å². The molecule has 0 saturated carbocycles. The molecule has 0 N–H and O–H groups in total. The number of hydrogen-bond acceptors (Lipinski definition) is 3. The van der Waals surface area contributed by atoms with E-state index in [1.165, 1.54) is 10.7 Å². The molecule has 1 aromatic carbocycles. The van der Waals surface area contributed by atoms with Crippen LogP contribution in [-0.2, 0) is 6.54 Å². The van der Waals surface area contributed by atoms with Crippen molar-refractivity contribution in [3.63, 3.8) is 0 Å². The molecule has 2 heterocycles. The first kappa shape index (κ1) is 10.7. The maximum absolute atomic E-state index is 11.6. The maximum atomic E-state index is 11.6. The highest BCUT2D eigenvalue weighted by atomic mass is 16.1. The van der Waals surface area contributed by atoms with Crippen molar-refractivity contribution in [3.05, 3.63) is 70.8 Å². The van der Waals surface area contributed by atoms with Crippen LogP contribution in [0, 0.1) is 0 Å². The minimum atomic E-state index is -0.118. The SMILES string of the molecule is O=c1cccnn1Cc1ccc2ccccc2n1. The quantitative estimate of drug-likeness (QED) is 0.683. The van der Waals surface area contributed by atoms with E-state index in [9.17, 15) is 4.79 Å². The van der Waals surface area contributed by atoms with Gasteiger partial charge in [-0.1, -0.05) is 24.3 Å². The fourth-order valence-corrected chi connectivity index (χ4v) is 1.86. The van der Waals surface area contributed by atoms with Gasteiger partial charge in [-0.2, -0.15) is 5.10 Å². The summed E-state index contributed by atoms with van der Waals surface area (Å²) in [7, 11) is 0. The van der Waals surface area contributed by atoms with Crippen LogP contribution in [0.5, 0.6) is 0 Å². The smallest absolute Gasteiger partial charge is 0.267 e. The van der Waals surface area contributed by atoms with Crippen LogP contribution in [0.4, 0.5) is 0 Å². The summed E-state index contributed by atoms with van der Waals surface area (Å²) in [6, 6.07) is 15.0. The molecule has 88 valence electrons. The van der Waals surface area contributed by atoms with Crippen molar-refractivity contribution in [2.24, 2.45) is 0 Å². The van der Waals surface area contributed by atoms with Gasteiger partial charge in [0, 0.05) is 17.6 Å². The largest absolute Gasteiger partial charge is 0.268 e. The molecule has 2 aromatic heterocycles. The first-order valence-corrected chi connectivity index (χ1v) is 5.70. The molecule has 0 spiro atoms. The Hall–Kier alpha value is -2.49. The minimum Gasteiger partial charge on any atom is -0.268 e. The zero-order valence-corrected chi connectivity index (χ0v) is 9.65. The summed E-state index contributed by atoms with van der Waals surface area (Å²) in [4.78, 5) is 16.1. The zero-order chi connectivity index (χ0) is 12.4. The lowest BCUT2D eigenvalue weighted by molar-refractivity contribution is 0.629. The second kappa shape index (κ2) is 4.41. The second-order valence-electron chi connectivity index (χ2n) is 4.01. The summed E-state index contributed by atoms with van der Waals surface area (Å²) in [6.07, 6.45) is 1.60. The van der Waals surface area contributed by atoms with Crippen LogP contribution in [0.3, 0.4) is 0 Å². The van der Waals surface area contributed by atoms with E-state index in [0.29, 0.717) is 6.54 Å². The fraction of sp³-hybridized carbons (Fsp3) is 0.0714. The lowest BCUT2D eigenvalue weighted by Gasteiger charge is -2.04. The molecule has 0 aliphatic carbocycles. The fourth-order valence-electron chi connectivity index (χ4n) is 1.86. The number of rotatable bonds is 2. The van der Waals surface area contributed by atoms with Gasteiger partial charge in [0.05, 0.1) is 17.8 Å². The Morgan fingerprint density at radius 1 is 1.00 bits per heavy atom. The molecule has 4 heteroatoms. The monoisotopic (exact) mass is 237 g/mol. The number of benzene rings is 1. The van der Waals surface area contributed by atoms with Crippen molar-refractivity contribution in [2.75, 3.05) is 0 Å². The average Bonchev–Trinajstić information content (AvgIpc) is 2.41. The minimum absolute atomic E-state index is 0.118. The zero-order valence-electron chi connectivity index (χ0n) is 9.65. The highest BCUT2D eigenvalue weighted by Crippen LogP contribution is 2.11. The van der Waals surface area contributed by atoms with Gasteiger partial charge in [-0.15, -0.1) is 0 Å². The maximum Gasteiger partial charge on any atom is 0.267 e. The molecule has 0 saturated heterocycles. The van der Waals surface area contributed by atoms with Gasteiger partial charge in [0.25, 0.3) is 5.56 Å². The molecule has 0 amide bonds. The molecule has 0 aliphatic rings. The third-order valence-corrected chi connectivity index (χ3v) is 2.75. The van der Waals surface area contributed by atoms with Crippen LogP contribution in [0.15, 0.2) is 59.5 Å². The van der Waals surface area contributed by atoms with E-state index in [0.717, 1.165) is 16.6 Å². The van der Waals surface area contributed by atoms with E-state index in [1.54, 1.807) is 12.3 Å². The Bertz CT molecular complexity index is 749. The van der Waals surface area contributed by atoms with Crippen LogP contribution in [0.25, 0.3) is 10.9 Å². The molecule has 18 heavy (non-hydrogen) atoms. The summed E-state index contributed by atoms with van der Waals surface area (Å²) in [5, 5.41) is 5.11. The summed E-state index contributed by atoms with van der Waals surface area (Å²) >= 11 is 0. The molecule has 3 aromatic rings. The van der Waals surface area contributed by atoms with Gasteiger partial charge in [-0.05, 0) is 18.2 Å². The Labute approximate surface area is 104 Å². The molecule has 0 unspecified atom stereocenters. The Balaban J connectivity index is 2.01. The Morgan fingerprint density at radius 3 is 2.78 bits per heavy atom. The van der Waals surface area contributed by atoms with Crippen LogP contribution in [0.2, 0.25) is 0 Å². The molecule has 0 aliphatic heterocycles. The number of hydrogen-bond donors (Lipinski definition) is 0. The summed E-state index contributed by atoms with van der Waals surface area (Å²) in [5.74, 6) is 0. The van der Waals surface area contributed by atoms with E-state index in [1.807, 2.05) is 36.4 Å². The highest BCUT2D eigenvalue weighted by Gasteiger charge is 2.01. The van der Waals surface area contributed by atoms with Gasteiger partial charge in [-0.3, -0.25) is 9.78 Å². The number of para-hydroxylation sites is 1. The first-order chi connectivity index (χ1) is 8.83. The molecule has 0 fully saturated rings. The summed E-state index contributed by atoms with van der Waals surface area (Å²) in [6.45, 7) is 0.393. The van der Waals surface area contributed by atoms with Crippen molar-refractivity contribution >= 4 is 10.9 Å². The molecular weight excluding hydrogens is 226 g/mol. The number of aromatic nitrogens is 3. The number of nitrogens with zero attached hydrogens (tertiary/aromatic N) is 3. The lowest BCUT2D eigenvalue weighted by Crippen LogP contribution is -2.22. The molecule has 0 atom stereocenters. The van der Waals surface area contributed by atoms with E-state index >= 15 is 0 Å². The van der Waals surface area contributed by atoms with Crippen LogP contribution in [0.1, 0.15) is 5.69 Å². The van der Waals surface area contributed by atoms with E-state index < -0.39 is 0 Å². The predicted octanol–water partition coefficient (Wildman–Crippen LogP) is 1.84. The van der Waals surface area contributed by atoms with Gasteiger partial charge in [0.2, 0.25) is 0 Å². The van der Waals surface area contributed by atoms with Crippen molar-refractivity contribution in [2.45, 2.75) is 6.54 Å². The van der Waals surface area contributed by atoms with Crippen molar-refractivity contribution in [1.82, 2.24) is 14.8 Å². The molecular formula is C14H11N3O. The molecule has 4 nitrogen and oxygen atoms in total. The summed E-state index contributed by atoms with van der Waals surface area (Å²) in [5.41, 5.74) is 1.64. The third-order valence-electron chi connectivity index (χ3n) is 2.75. The van der Waals surface area contributed by atoms with E-state index in [4.69, 9.17) is 0 Å². The third kappa shape index (κ3) is 2.00.